The Morgan fingerprint density at radius 1 is 1.18 bits per heavy atom. The minimum atomic E-state index is -0.0933. The molecule has 0 aliphatic carbocycles. The predicted molar refractivity (Wildman–Crippen MR) is 115 cm³/mol. The number of halogens is 1. The van der Waals surface area contributed by atoms with E-state index in [4.69, 9.17) is 11.6 Å². The Kier molecular flexibility index (Phi) is 6.25. The number of hydrogen-bond acceptors (Lipinski definition) is 5. The number of carbonyl (C=O) groups is 1. The molecule has 3 rings (SSSR count). The highest BCUT2D eigenvalue weighted by Crippen LogP contribution is 2.30. The quantitative estimate of drug-likeness (QED) is 0.601. The number of fused-ring (bicyclic) bond motifs is 1. The number of hydrogen-bond donors (Lipinski definition) is 1. The standard InChI is InChI=1S/C20H24ClN5OS/c1-6-13-8-9-16(21)14(7-2)18(13)23-17(27)10-15-11(3)22-19-24-20(28-5)25-26(19)12(15)4/h8-9H,6-7,10H2,1-5H3,(H,23,27). The SMILES string of the molecule is CCc1ccc(Cl)c(CC)c1NC(=O)Cc1c(C)nc2nc(SC)nn2c1C. The van der Waals surface area contributed by atoms with Gasteiger partial charge in [-0.05, 0) is 50.1 Å². The lowest BCUT2D eigenvalue weighted by Crippen LogP contribution is -2.19. The molecule has 3 aromatic rings. The van der Waals surface area contributed by atoms with Gasteiger partial charge in [0.05, 0.1) is 6.42 Å². The van der Waals surface area contributed by atoms with Gasteiger partial charge in [0.1, 0.15) is 0 Å². The molecule has 2 aromatic heterocycles. The van der Waals surface area contributed by atoms with E-state index in [-0.39, 0.29) is 12.3 Å². The maximum atomic E-state index is 12.9. The minimum absolute atomic E-state index is 0.0933. The van der Waals surface area contributed by atoms with Crippen LogP contribution in [-0.2, 0) is 24.1 Å². The first-order chi connectivity index (χ1) is 13.4. The first-order valence-corrected chi connectivity index (χ1v) is 10.9. The van der Waals surface area contributed by atoms with Crippen LogP contribution in [-0.4, -0.2) is 31.7 Å². The molecule has 0 spiro atoms. The summed E-state index contributed by atoms with van der Waals surface area (Å²) in [6.07, 6.45) is 3.72. The van der Waals surface area contributed by atoms with Crippen LogP contribution in [0.1, 0.15) is 41.9 Å². The number of anilines is 1. The number of rotatable bonds is 6. The molecular weight excluding hydrogens is 394 g/mol. The van der Waals surface area contributed by atoms with Crippen LogP contribution in [0.5, 0.6) is 0 Å². The molecule has 1 aromatic carbocycles. The van der Waals surface area contributed by atoms with Gasteiger partial charge in [0, 0.05) is 27.7 Å². The summed E-state index contributed by atoms with van der Waals surface area (Å²) in [4.78, 5) is 21.8. The van der Waals surface area contributed by atoms with Gasteiger partial charge in [0.2, 0.25) is 11.1 Å². The highest BCUT2D eigenvalue weighted by atomic mass is 35.5. The summed E-state index contributed by atoms with van der Waals surface area (Å²) in [6.45, 7) is 7.95. The third-order valence-electron chi connectivity index (χ3n) is 4.89. The van der Waals surface area contributed by atoms with Crippen molar-refractivity contribution in [2.45, 2.75) is 52.1 Å². The van der Waals surface area contributed by atoms with Crippen LogP contribution < -0.4 is 5.32 Å². The first kappa shape index (κ1) is 20.6. The van der Waals surface area contributed by atoms with Crippen LogP contribution >= 0.6 is 23.4 Å². The van der Waals surface area contributed by atoms with Crippen molar-refractivity contribution in [3.63, 3.8) is 0 Å². The summed E-state index contributed by atoms with van der Waals surface area (Å²) >= 11 is 7.82. The van der Waals surface area contributed by atoms with Gasteiger partial charge >= 0.3 is 0 Å². The third-order valence-corrected chi connectivity index (χ3v) is 5.78. The lowest BCUT2D eigenvalue weighted by molar-refractivity contribution is -0.115. The smallest absolute Gasteiger partial charge is 0.253 e. The van der Waals surface area contributed by atoms with Crippen molar-refractivity contribution in [3.05, 3.63) is 45.2 Å². The van der Waals surface area contributed by atoms with Crippen molar-refractivity contribution in [3.8, 4) is 0 Å². The summed E-state index contributed by atoms with van der Waals surface area (Å²) in [6, 6.07) is 3.87. The molecule has 8 heteroatoms. The Hall–Kier alpha value is -2.12. The second-order valence-electron chi connectivity index (χ2n) is 6.56. The van der Waals surface area contributed by atoms with Crippen molar-refractivity contribution in [2.24, 2.45) is 0 Å². The lowest BCUT2D eigenvalue weighted by atomic mass is 10.0. The molecule has 148 valence electrons. The van der Waals surface area contributed by atoms with Crippen molar-refractivity contribution in [1.29, 1.82) is 0 Å². The highest BCUT2D eigenvalue weighted by Gasteiger charge is 2.18. The van der Waals surface area contributed by atoms with Crippen molar-refractivity contribution < 1.29 is 4.79 Å². The molecule has 0 saturated carbocycles. The van der Waals surface area contributed by atoms with Crippen LogP contribution in [0, 0.1) is 13.8 Å². The number of amides is 1. The fraction of sp³-hybridized carbons (Fsp3) is 0.400. The van der Waals surface area contributed by atoms with E-state index in [0.29, 0.717) is 16.0 Å². The van der Waals surface area contributed by atoms with E-state index >= 15 is 0 Å². The molecule has 0 unspecified atom stereocenters. The number of carbonyl (C=O) groups excluding carboxylic acids is 1. The monoisotopic (exact) mass is 417 g/mol. The molecule has 28 heavy (non-hydrogen) atoms. The molecule has 0 aliphatic rings. The number of aryl methyl sites for hydroxylation is 3. The lowest BCUT2D eigenvalue weighted by Gasteiger charge is -2.17. The van der Waals surface area contributed by atoms with Crippen LogP contribution in [0.3, 0.4) is 0 Å². The van der Waals surface area contributed by atoms with Gasteiger partial charge in [0.25, 0.3) is 5.78 Å². The maximum Gasteiger partial charge on any atom is 0.253 e. The molecule has 0 radical (unpaired) electrons. The zero-order valence-electron chi connectivity index (χ0n) is 16.8. The summed E-state index contributed by atoms with van der Waals surface area (Å²) < 4.78 is 1.70. The van der Waals surface area contributed by atoms with Gasteiger partial charge in [-0.25, -0.2) is 9.50 Å². The Bertz CT molecular complexity index is 1050. The van der Waals surface area contributed by atoms with Crippen LogP contribution in [0.4, 0.5) is 5.69 Å². The fourth-order valence-electron chi connectivity index (χ4n) is 3.34. The second-order valence-corrected chi connectivity index (χ2v) is 7.74. The molecular formula is C20H24ClN5OS. The van der Waals surface area contributed by atoms with E-state index < -0.39 is 0 Å². The molecule has 2 heterocycles. The van der Waals surface area contributed by atoms with E-state index in [1.165, 1.54) is 11.8 Å². The van der Waals surface area contributed by atoms with E-state index in [9.17, 15) is 4.79 Å². The Morgan fingerprint density at radius 2 is 1.93 bits per heavy atom. The Labute approximate surface area is 174 Å². The topological polar surface area (TPSA) is 72.2 Å². The molecule has 1 N–H and O–H groups in total. The number of thioether (sulfide) groups is 1. The molecule has 0 saturated heterocycles. The van der Waals surface area contributed by atoms with Crippen molar-refractivity contribution >= 4 is 40.7 Å². The Balaban J connectivity index is 1.93. The number of nitrogens with zero attached hydrogens (tertiary/aromatic N) is 4. The predicted octanol–water partition coefficient (Wildman–Crippen LogP) is 4.42. The van der Waals surface area contributed by atoms with Gasteiger partial charge in [0.15, 0.2) is 0 Å². The summed E-state index contributed by atoms with van der Waals surface area (Å²) in [5, 5.41) is 8.88. The molecule has 0 fully saturated rings. The number of nitrogens with one attached hydrogen (secondary N) is 1. The average Bonchev–Trinajstić information content (AvgIpc) is 3.09. The molecule has 6 nitrogen and oxygen atoms in total. The van der Waals surface area contributed by atoms with E-state index in [1.807, 2.05) is 39.2 Å². The van der Waals surface area contributed by atoms with Gasteiger partial charge in [-0.1, -0.05) is 43.3 Å². The number of aromatic nitrogens is 4. The van der Waals surface area contributed by atoms with E-state index in [0.717, 1.165) is 46.6 Å². The fourth-order valence-corrected chi connectivity index (χ4v) is 3.97. The maximum absolute atomic E-state index is 12.9. The second kappa shape index (κ2) is 8.49. The minimum Gasteiger partial charge on any atom is -0.325 e. The largest absolute Gasteiger partial charge is 0.325 e. The van der Waals surface area contributed by atoms with Crippen LogP contribution in [0.15, 0.2) is 17.3 Å². The Morgan fingerprint density at radius 3 is 2.57 bits per heavy atom. The molecule has 1 amide bonds. The van der Waals surface area contributed by atoms with Crippen LogP contribution in [0.2, 0.25) is 5.02 Å². The summed E-state index contributed by atoms with van der Waals surface area (Å²) in [5.74, 6) is 0.462. The average molecular weight is 418 g/mol. The highest BCUT2D eigenvalue weighted by molar-refractivity contribution is 7.98. The van der Waals surface area contributed by atoms with Gasteiger partial charge < -0.3 is 5.32 Å². The molecule has 0 atom stereocenters. The van der Waals surface area contributed by atoms with Gasteiger partial charge in [-0.3, -0.25) is 4.79 Å². The van der Waals surface area contributed by atoms with E-state index in [2.05, 4.69) is 27.3 Å². The third kappa shape index (κ3) is 3.86. The molecule has 0 bridgehead atoms. The number of benzene rings is 1. The first-order valence-electron chi connectivity index (χ1n) is 9.26. The van der Waals surface area contributed by atoms with E-state index in [1.54, 1.807) is 4.52 Å². The van der Waals surface area contributed by atoms with Crippen molar-refractivity contribution in [1.82, 2.24) is 19.6 Å². The normalized spacial score (nSPS) is 11.2. The zero-order chi connectivity index (χ0) is 20.4. The van der Waals surface area contributed by atoms with Crippen LogP contribution in [0.25, 0.3) is 5.78 Å². The van der Waals surface area contributed by atoms with Crippen molar-refractivity contribution in [2.75, 3.05) is 11.6 Å². The summed E-state index contributed by atoms with van der Waals surface area (Å²) in [7, 11) is 0. The van der Waals surface area contributed by atoms with Gasteiger partial charge in [-0.2, -0.15) is 4.98 Å². The zero-order valence-corrected chi connectivity index (χ0v) is 18.3. The summed E-state index contributed by atoms with van der Waals surface area (Å²) in [5.41, 5.74) is 5.41. The van der Waals surface area contributed by atoms with Gasteiger partial charge in [-0.15, -0.1) is 5.10 Å². The molecule has 0 aliphatic heterocycles.